The third kappa shape index (κ3) is 2.90. The van der Waals surface area contributed by atoms with E-state index in [0.717, 1.165) is 6.26 Å². The van der Waals surface area contributed by atoms with Crippen molar-refractivity contribution < 1.29 is 21.0 Å². The zero-order valence-corrected chi connectivity index (χ0v) is 11.5. The van der Waals surface area contributed by atoms with Crippen molar-refractivity contribution in [2.75, 3.05) is 12.0 Å². The van der Waals surface area contributed by atoms with E-state index < -0.39 is 26.1 Å². The fraction of sp³-hybridized carbons (Fsp3) is 0.455. The van der Waals surface area contributed by atoms with Crippen LogP contribution in [-0.2, 0) is 24.1 Å². The van der Waals surface area contributed by atoms with Crippen LogP contribution < -0.4 is 0 Å². The molecule has 18 heavy (non-hydrogen) atoms. The Kier molecular flexibility index (Phi) is 3.48. The SMILES string of the molecule is CS(=O)(=O)OC1CCCS(=O)(=O)c2ccccc21. The molecule has 0 radical (unpaired) electrons. The van der Waals surface area contributed by atoms with Crippen LogP contribution in [-0.4, -0.2) is 28.8 Å². The predicted octanol–water partition coefficient (Wildman–Crippen LogP) is 1.27. The summed E-state index contributed by atoms with van der Waals surface area (Å²) in [5.41, 5.74) is 0.431. The summed E-state index contributed by atoms with van der Waals surface area (Å²) in [4.78, 5) is 0.177. The van der Waals surface area contributed by atoms with E-state index >= 15 is 0 Å². The Morgan fingerprint density at radius 1 is 1.28 bits per heavy atom. The number of benzene rings is 1. The molecule has 0 N–H and O–H groups in total. The normalized spacial score (nSPS) is 23.1. The molecule has 0 aromatic heterocycles. The van der Waals surface area contributed by atoms with Gasteiger partial charge in [0.2, 0.25) is 0 Å². The fourth-order valence-corrected chi connectivity index (χ4v) is 4.30. The summed E-state index contributed by atoms with van der Waals surface area (Å²) in [6.45, 7) is 0. The largest absolute Gasteiger partial charge is 0.264 e. The molecule has 0 aliphatic carbocycles. The van der Waals surface area contributed by atoms with Crippen LogP contribution in [0.3, 0.4) is 0 Å². The smallest absolute Gasteiger partial charge is 0.262 e. The Balaban J connectivity index is 2.53. The van der Waals surface area contributed by atoms with Gasteiger partial charge in [-0.3, -0.25) is 4.18 Å². The van der Waals surface area contributed by atoms with Gasteiger partial charge in [-0.25, -0.2) is 8.42 Å². The number of fused-ring (bicyclic) bond motifs is 1. The second-order valence-corrected chi connectivity index (χ2v) is 7.97. The molecular formula is C11H14O5S2. The Morgan fingerprint density at radius 3 is 2.61 bits per heavy atom. The Morgan fingerprint density at radius 2 is 1.94 bits per heavy atom. The van der Waals surface area contributed by atoms with E-state index in [1.54, 1.807) is 18.2 Å². The lowest BCUT2D eigenvalue weighted by Gasteiger charge is -2.15. The highest BCUT2D eigenvalue weighted by Gasteiger charge is 2.29. The molecule has 1 aromatic rings. The highest BCUT2D eigenvalue weighted by atomic mass is 32.2. The van der Waals surface area contributed by atoms with Gasteiger partial charge in [-0.2, -0.15) is 8.42 Å². The van der Waals surface area contributed by atoms with Gasteiger partial charge in [-0.05, 0) is 18.9 Å². The summed E-state index contributed by atoms with van der Waals surface area (Å²) in [6, 6.07) is 6.40. The van der Waals surface area contributed by atoms with E-state index in [9.17, 15) is 16.8 Å². The van der Waals surface area contributed by atoms with Crippen molar-refractivity contribution in [1.82, 2.24) is 0 Å². The maximum absolute atomic E-state index is 12.0. The molecule has 2 rings (SSSR count). The predicted molar refractivity (Wildman–Crippen MR) is 66.4 cm³/mol. The standard InChI is InChI=1S/C11H14O5S2/c1-17(12,13)16-10-6-4-8-18(14,15)11-7-3-2-5-9(10)11/h2-3,5,7,10H,4,6,8H2,1H3. The van der Waals surface area contributed by atoms with Crippen molar-refractivity contribution >= 4 is 20.0 Å². The fourth-order valence-electron chi connectivity index (χ4n) is 2.06. The van der Waals surface area contributed by atoms with Gasteiger partial charge in [-0.15, -0.1) is 0 Å². The quantitative estimate of drug-likeness (QED) is 0.767. The topological polar surface area (TPSA) is 77.5 Å². The molecular weight excluding hydrogens is 276 g/mol. The first-order valence-electron chi connectivity index (χ1n) is 5.49. The minimum absolute atomic E-state index is 0.0215. The van der Waals surface area contributed by atoms with Crippen LogP contribution in [0.25, 0.3) is 0 Å². The van der Waals surface area contributed by atoms with Gasteiger partial charge < -0.3 is 0 Å². The van der Waals surface area contributed by atoms with Crippen LogP contribution in [0.5, 0.6) is 0 Å². The zero-order valence-electron chi connectivity index (χ0n) is 9.87. The molecule has 100 valence electrons. The molecule has 1 aliphatic heterocycles. The summed E-state index contributed by atoms with van der Waals surface area (Å²) in [5.74, 6) is 0.0215. The lowest BCUT2D eigenvalue weighted by molar-refractivity contribution is 0.202. The third-order valence-corrected chi connectivity index (χ3v) is 5.22. The van der Waals surface area contributed by atoms with Gasteiger partial charge in [0.05, 0.1) is 16.9 Å². The molecule has 1 heterocycles. The zero-order chi connectivity index (χ0) is 13.4. The molecule has 1 aromatic carbocycles. The molecule has 0 saturated heterocycles. The van der Waals surface area contributed by atoms with Crippen LogP contribution in [0.2, 0.25) is 0 Å². The van der Waals surface area contributed by atoms with Crippen molar-refractivity contribution in [3.63, 3.8) is 0 Å². The van der Waals surface area contributed by atoms with E-state index in [1.165, 1.54) is 6.07 Å². The number of hydrogen-bond donors (Lipinski definition) is 0. The summed E-state index contributed by atoms with van der Waals surface area (Å²) in [7, 11) is -6.96. The van der Waals surface area contributed by atoms with E-state index in [1.807, 2.05) is 0 Å². The van der Waals surface area contributed by atoms with Crippen molar-refractivity contribution in [2.24, 2.45) is 0 Å². The third-order valence-electron chi connectivity index (χ3n) is 2.77. The second kappa shape index (κ2) is 4.64. The monoisotopic (exact) mass is 290 g/mol. The Bertz CT molecular complexity index is 646. The highest BCUT2D eigenvalue weighted by Crippen LogP contribution is 2.34. The molecule has 1 aliphatic rings. The number of hydrogen-bond acceptors (Lipinski definition) is 5. The molecule has 1 unspecified atom stereocenters. The molecule has 0 spiro atoms. The van der Waals surface area contributed by atoms with E-state index in [0.29, 0.717) is 18.4 Å². The molecule has 5 nitrogen and oxygen atoms in total. The first-order valence-corrected chi connectivity index (χ1v) is 8.96. The van der Waals surface area contributed by atoms with E-state index in [4.69, 9.17) is 4.18 Å². The second-order valence-electron chi connectivity index (χ2n) is 4.29. The minimum atomic E-state index is -3.61. The van der Waals surface area contributed by atoms with E-state index in [-0.39, 0.29) is 10.6 Å². The van der Waals surface area contributed by atoms with Crippen molar-refractivity contribution in [2.45, 2.75) is 23.8 Å². The van der Waals surface area contributed by atoms with Crippen molar-refractivity contribution in [3.05, 3.63) is 29.8 Å². The first-order chi connectivity index (χ1) is 8.30. The molecule has 0 saturated carbocycles. The summed E-state index contributed by atoms with van der Waals surface area (Å²) < 4.78 is 51.4. The van der Waals surface area contributed by atoms with Gasteiger partial charge in [0, 0.05) is 5.56 Å². The Labute approximate surface area is 107 Å². The van der Waals surface area contributed by atoms with Gasteiger partial charge in [0.1, 0.15) is 6.10 Å². The average molecular weight is 290 g/mol. The number of sulfone groups is 1. The number of rotatable bonds is 2. The summed E-state index contributed by atoms with van der Waals surface area (Å²) >= 11 is 0. The summed E-state index contributed by atoms with van der Waals surface area (Å²) in [6.07, 6.45) is 1.02. The Hall–Kier alpha value is -0.920. The van der Waals surface area contributed by atoms with Crippen LogP contribution >= 0.6 is 0 Å². The van der Waals surface area contributed by atoms with Crippen LogP contribution in [0.1, 0.15) is 24.5 Å². The lowest BCUT2D eigenvalue weighted by Crippen LogP contribution is -2.11. The van der Waals surface area contributed by atoms with Crippen molar-refractivity contribution in [1.29, 1.82) is 0 Å². The van der Waals surface area contributed by atoms with Gasteiger partial charge in [0.15, 0.2) is 9.84 Å². The van der Waals surface area contributed by atoms with Crippen molar-refractivity contribution in [3.8, 4) is 0 Å². The van der Waals surface area contributed by atoms with Crippen LogP contribution in [0, 0.1) is 0 Å². The van der Waals surface area contributed by atoms with Crippen LogP contribution in [0.15, 0.2) is 29.2 Å². The minimum Gasteiger partial charge on any atom is -0.262 e. The van der Waals surface area contributed by atoms with Gasteiger partial charge in [-0.1, -0.05) is 18.2 Å². The molecule has 7 heteroatoms. The molecule has 0 bridgehead atoms. The maximum atomic E-state index is 12.0. The molecule has 0 fully saturated rings. The lowest BCUT2D eigenvalue weighted by atomic mass is 10.1. The molecule has 1 atom stereocenters. The molecule has 0 amide bonds. The first kappa shape index (κ1) is 13.5. The van der Waals surface area contributed by atoms with Crippen LogP contribution in [0.4, 0.5) is 0 Å². The maximum Gasteiger partial charge on any atom is 0.264 e. The van der Waals surface area contributed by atoms with Gasteiger partial charge in [0.25, 0.3) is 10.1 Å². The van der Waals surface area contributed by atoms with Gasteiger partial charge >= 0.3 is 0 Å². The van der Waals surface area contributed by atoms with E-state index in [2.05, 4.69) is 0 Å². The summed E-state index contributed by atoms with van der Waals surface area (Å²) in [5, 5.41) is 0. The average Bonchev–Trinajstić information content (AvgIpc) is 2.36. The highest BCUT2D eigenvalue weighted by molar-refractivity contribution is 7.91.